The summed E-state index contributed by atoms with van der Waals surface area (Å²) in [5, 5.41) is 10.7. The van der Waals surface area contributed by atoms with Crippen LogP contribution in [0.5, 0.6) is 11.5 Å². The van der Waals surface area contributed by atoms with E-state index >= 15 is 0 Å². The van der Waals surface area contributed by atoms with Crippen LogP contribution in [-0.4, -0.2) is 64.7 Å². The summed E-state index contributed by atoms with van der Waals surface area (Å²) in [6, 6.07) is 10.5. The topological polar surface area (TPSA) is 134 Å². The molecule has 1 atom stereocenters. The lowest BCUT2D eigenvalue weighted by atomic mass is 10.2. The molecule has 0 bridgehead atoms. The number of benzene rings is 1. The first-order chi connectivity index (χ1) is 17.8. The number of rotatable bonds is 10. The Labute approximate surface area is 213 Å². The van der Waals surface area contributed by atoms with Crippen LogP contribution in [0, 0.1) is 5.82 Å². The number of hydrogen-bond donors (Lipinski definition) is 1. The SMILES string of the molecule is CNc1cccc(-c2nnc(CS(=O)(=O)[C@H](C)Cc3ncc(F)cn3)n2-c2c(OC)cccc2OC)n1. The average molecular weight is 528 g/mol. The minimum absolute atomic E-state index is 0.00730. The van der Waals surface area contributed by atoms with Crippen LogP contribution in [0.3, 0.4) is 0 Å². The largest absolute Gasteiger partial charge is 0.494 e. The van der Waals surface area contributed by atoms with E-state index in [1.165, 1.54) is 14.2 Å². The molecule has 0 amide bonds. The molecule has 0 aliphatic carbocycles. The predicted octanol–water partition coefficient (Wildman–Crippen LogP) is 2.86. The Morgan fingerprint density at radius 1 is 1.03 bits per heavy atom. The van der Waals surface area contributed by atoms with Gasteiger partial charge in [-0.2, -0.15) is 0 Å². The molecule has 0 fully saturated rings. The number of halogens is 1. The van der Waals surface area contributed by atoms with Crippen LogP contribution in [0.15, 0.2) is 48.8 Å². The van der Waals surface area contributed by atoms with Gasteiger partial charge in [-0.25, -0.2) is 27.8 Å². The van der Waals surface area contributed by atoms with E-state index in [2.05, 4.69) is 30.5 Å². The van der Waals surface area contributed by atoms with E-state index in [0.717, 1.165) is 12.4 Å². The van der Waals surface area contributed by atoms with Gasteiger partial charge in [0.1, 0.15) is 40.3 Å². The smallest absolute Gasteiger partial charge is 0.187 e. The van der Waals surface area contributed by atoms with E-state index in [4.69, 9.17) is 9.47 Å². The molecule has 1 aromatic carbocycles. The van der Waals surface area contributed by atoms with Crippen molar-refractivity contribution >= 4 is 15.7 Å². The maximum absolute atomic E-state index is 13.4. The number of ether oxygens (including phenoxy) is 2. The molecule has 1 N–H and O–H groups in total. The van der Waals surface area contributed by atoms with Gasteiger partial charge in [-0.1, -0.05) is 12.1 Å². The zero-order valence-electron chi connectivity index (χ0n) is 20.7. The Morgan fingerprint density at radius 3 is 2.30 bits per heavy atom. The summed E-state index contributed by atoms with van der Waals surface area (Å²) in [5.41, 5.74) is 0.896. The fourth-order valence-electron chi connectivity index (χ4n) is 3.71. The Balaban J connectivity index is 1.82. The quantitative estimate of drug-likeness (QED) is 0.328. The minimum Gasteiger partial charge on any atom is -0.494 e. The average Bonchev–Trinajstić information content (AvgIpc) is 3.31. The third kappa shape index (κ3) is 5.50. The van der Waals surface area contributed by atoms with Crippen molar-refractivity contribution in [2.45, 2.75) is 24.3 Å². The van der Waals surface area contributed by atoms with Crippen LogP contribution in [0.2, 0.25) is 0 Å². The molecule has 0 spiro atoms. The van der Waals surface area contributed by atoms with E-state index in [-0.39, 0.29) is 18.1 Å². The van der Waals surface area contributed by atoms with E-state index in [9.17, 15) is 12.8 Å². The molecule has 13 heteroatoms. The summed E-state index contributed by atoms with van der Waals surface area (Å²) in [5.74, 6) is 1.07. The highest BCUT2D eigenvalue weighted by atomic mass is 32.2. The first-order valence-corrected chi connectivity index (χ1v) is 13.0. The minimum atomic E-state index is -3.78. The number of anilines is 1. The van der Waals surface area contributed by atoms with E-state index < -0.39 is 26.7 Å². The summed E-state index contributed by atoms with van der Waals surface area (Å²) in [4.78, 5) is 12.3. The Hall–Kier alpha value is -4.13. The van der Waals surface area contributed by atoms with Gasteiger partial charge in [-0.3, -0.25) is 4.57 Å². The van der Waals surface area contributed by atoms with Crippen LogP contribution in [-0.2, 0) is 22.0 Å². The van der Waals surface area contributed by atoms with Gasteiger partial charge >= 0.3 is 0 Å². The monoisotopic (exact) mass is 527 g/mol. The van der Waals surface area contributed by atoms with Crippen LogP contribution in [0.1, 0.15) is 18.6 Å². The molecule has 0 unspecified atom stereocenters. The maximum atomic E-state index is 13.4. The number of nitrogens with one attached hydrogen (secondary N) is 1. The zero-order chi connectivity index (χ0) is 26.6. The molecular weight excluding hydrogens is 501 g/mol. The number of methoxy groups -OCH3 is 2. The van der Waals surface area contributed by atoms with Gasteiger partial charge < -0.3 is 14.8 Å². The number of hydrogen-bond acceptors (Lipinski definition) is 10. The summed E-state index contributed by atoms with van der Waals surface area (Å²) >= 11 is 0. The first-order valence-electron chi connectivity index (χ1n) is 11.3. The van der Waals surface area contributed by atoms with E-state index in [1.54, 1.807) is 54.9 Å². The van der Waals surface area contributed by atoms with Crippen molar-refractivity contribution < 1.29 is 22.3 Å². The molecule has 0 radical (unpaired) electrons. The van der Waals surface area contributed by atoms with Gasteiger partial charge in [0.05, 0.1) is 31.9 Å². The van der Waals surface area contributed by atoms with Crippen molar-refractivity contribution in [3.05, 3.63) is 66.3 Å². The van der Waals surface area contributed by atoms with Crippen LogP contribution in [0.4, 0.5) is 10.2 Å². The van der Waals surface area contributed by atoms with Crippen molar-refractivity contribution in [2.24, 2.45) is 0 Å². The molecule has 4 rings (SSSR count). The van der Waals surface area contributed by atoms with Crippen molar-refractivity contribution in [3.63, 3.8) is 0 Å². The lowest BCUT2D eigenvalue weighted by Crippen LogP contribution is -2.24. The molecule has 0 saturated heterocycles. The lowest BCUT2D eigenvalue weighted by Gasteiger charge is -2.18. The van der Waals surface area contributed by atoms with Crippen molar-refractivity contribution in [1.29, 1.82) is 0 Å². The van der Waals surface area contributed by atoms with Crippen molar-refractivity contribution in [2.75, 3.05) is 26.6 Å². The van der Waals surface area contributed by atoms with Crippen LogP contribution >= 0.6 is 0 Å². The van der Waals surface area contributed by atoms with Gasteiger partial charge in [0, 0.05) is 13.5 Å². The van der Waals surface area contributed by atoms with Crippen LogP contribution < -0.4 is 14.8 Å². The van der Waals surface area contributed by atoms with Gasteiger partial charge in [-0.05, 0) is 31.2 Å². The highest BCUT2D eigenvalue weighted by Gasteiger charge is 2.29. The molecule has 37 heavy (non-hydrogen) atoms. The number of nitrogens with zero attached hydrogens (tertiary/aromatic N) is 6. The molecule has 0 aliphatic rings. The second-order valence-electron chi connectivity index (χ2n) is 8.08. The second kappa shape index (κ2) is 10.9. The summed E-state index contributed by atoms with van der Waals surface area (Å²) < 4.78 is 52.7. The highest BCUT2D eigenvalue weighted by Crippen LogP contribution is 2.36. The van der Waals surface area contributed by atoms with E-state index in [0.29, 0.717) is 34.5 Å². The summed E-state index contributed by atoms with van der Waals surface area (Å²) in [7, 11) is 0.963. The molecular formula is C24H26FN7O4S. The molecule has 3 aromatic heterocycles. The Bertz CT molecular complexity index is 1470. The van der Waals surface area contributed by atoms with Gasteiger partial charge in [-0.15, -0.1) is 10.2 Å². The van der Waals surface area contributed by atoms with Gasteiger partial charge in [0.2, 0.25) is 0 Å². The standard InChI is InChI=1S/C24H26FN7O4S/c1-15(11-21-27-12-16(25)13-28-21)37(33,34)14-22-30-31-24(17-7-5-10-20(26-2)29-17)32(22)23-18(35-3)8-6-9-19(23)36-4/h5-10,12-13,15H,11,14H2,1-4H3,(H,26,29)/t15-/m1/s1. The van der Waals surface area contributed by atoms with E-state index in [1.807, 2.05) is 0 Å². The molecule has 0 saturated carbocycles. The lowest BCUT2D eigenvalue weighted by molar-refractivity contribution is 0.390. The first kappa shape index (κ1) is 25.9. The Morgan fingerprint density at radius 2 is 1.68 bits per heavy atom. The van der Waals surface area contributed by atoms with Gasteiger partial charge in [0.15, 0.2) is 27.3 Å². The third-order valence-corrected chi connectivity index (χ3v) is 7.73. The normalized spacial score (nSPS) is 12.2. The fourth-order valence-corrected chi connectivity index (χ4v) is 4.95. The molecule has 11 nitrogen and oxygen atoms in total. The van der Waals surface area contributed by atoms with Gasteiger partial charge in [0.25, 0.3) is 0 Å². The number of aromatic nitrogens is 6. The second-order valence-corrected chi connectivity index (χ2v) is 10.5. The Kier molecular flexibility index (Phi) is 7.62. The zero-order valence-corrected chi connectivity index (χ0v) is 21.5. The number of para-hydroxylation sites is 1. The van der Waals surface area contributed by atoms with Crippen molar-refractivity contribution in [3.8, 4) is 28.7 Å². The molecule has 3 heterocycles. The molecule has 194 valence electrons. The summed E-state index contributed by atoms with van der Waals surface area (Å²) in [6.45, 7) is 1.55. The fraction of sp³-hybridized carbons (Fsp3) is 0.292. The van der Waals surface area contributed by atoms with Crippen LogP contribution in [0.25, 0.3) is 17.2 Å². The molecule has 0 aliphatic heterocycles. The predicted molar refractivity (Wildman–Crippen MR) is 135 cm³/mol. The number of sulfone groups is 1. The third-order valence-electron chi connectivity index (χ3n) is 5.68. The summed E-state index contributed by atoms with van der Waals surface area (Å²) in [6.07, 6.45) is 2.02. The molecule has 4 aromatic rings. The maximum Gasteiger partial charge on any atom is 0.187 e. The highest BCUT2D eigenvalue weighted by molar-refractivity contribution is 7.91. The number of pyridine rings is 1. The van der Waals surface area contributed by atoms with Crippen molar-refractivity contribution in [1.82, 2.24) is 29.7 Å².